The molecule has 2 aromatic rings. The van der Waals surface area contributed by atoms with Crippen molar-refractivity contribution < 1.29 is 4.79 Å². The number of allylic oxidation sites excluding steroid dienone is 2. The zero-order chi connectivity index (χ0) is 21.6. The summed E-state index contributed by atoms with van der Waals surface area (Å²) >= 11 is 0. The number of H-pyrrole nitrogens is 1. The number of unbranched alkanes of at least 4 members (excludes halogenated alkanes) is 1. The number of aromatic amines is 1. The van der Waals surface area contributed by atoms with Gasteiger partial charge in [0, 0.05) is 48.3 Å². The first-order valence-corrected chi connectivity index (χ1v) is 11.1. The first-order valence-electron chi connectivity index (χ1n) is 11.1. The van der Waals surface area contributed by atoms with Crippen LogP contribution in [0.3, 0.4) is 0 Å². The number of hydrogen-bond acceptors (Lipinski definition) is 2. The quantitative estimate of drug-likeness (QED) is 0.492. The highest BCUT2D eigenvalue weighted by molar-refractivity contribution is 5.94. The van der Waals surface area contributed by atoms with E-state index in [2.05, 4.69) is 78.8 Å². The minimum atomic E-state index is -0.178. The lowest BCUT2D eigenvalue weighted by atomic mass is 9.91. The van der Waals surface area contributed by atoms with Crippen LogP contribution in [0.15, 0.2) is 48.8 Å². The molecule has 1 aromatic heterocycles. The molecule has 0 saturated carbocycles. The number of urea groups is 1. The largest absolute Gasteiger partial charge is 0.377 e. The Kier molecular flexibility index (Phi) is 7.24. The number of hydrogen-bond donors (Lipinski definition) is 3. The molecule has 2 heterocycles. The summed E-state index contributed by atoms with van der Waals surface area (Å²) in [5.41, 5.74) is 3.50. The molecule has 5 heteroatoms. The van der Waals surface area contributed by atoms with E-state index in [-0.39, 0.29) is 6.03 Å². The number of amides is 2. The molecule has 1 aromatic carbocycles. The van der Waals surface area contributed by atoms with Gasteiger partial charge in [0.2, 0.25) is 0 Å². The Bertz CT molecular complexity index is 903. The molecule has 0 aliphatic carbocycles. The average Bonchev–Trinajstić information content (AvgIpc) is 3.10. The first-order chi connectivity index (χ1) is 14.4. The summed E-state index contributed by atoms with van der Waals surface area (Å²) in [7, 11) is 0. The van der Waals surface area contributed by atoms with E-state index in [0.29, 0.717) is 17.9 Å². The van der Waals surface area contributed by atoms with E-state index in [1.807, 2.05) is 18.2 Å². The number of aromatic nitrogens is 1. The molecule has 1 aliphatic rings. The van der Waals surface area contributed by atoms with Gasteiger partial charge in [-0.1, -0.05) is 52.3 Å². The first kappa shape index (κ1) is 22.0. The van der Waals surface area contributed by atoms with E-state index in [1.54, 1.807) is 0 Å². The molecule has 0 radical (unpaired) electrons. The van der Waals surface area contributed by atoms with Crippen molar-refractivity contribution in [1.82, 2.24) is 15.2 Å². The van der Waals surface area contributed by atoms with Crippen molar-refractivity contribution in [2.24, 2.45) is 5.41 Å². The third kappa shape index (κ3) is 6.15. The summed E-state index contributed by atoms with van der Waals surface area (Å²) in [6, 6.07) is 5.87. The Morgan fingerprint density at radius 2 is 2.13 bits per heavy atom. The zero-order valence-corrected chi connectivity index (χ0v) is 18.8. The van der Waals surface area contributed by atoms with Crippen LogP contribution in [0.25, 0.3) is 10.9 Å². The van der Waals surface area contributed by atoms with Gasteiger partial charge >= 0.3 is 6.03 Å². The number of nitrogens with zero attached hydrogens (tertiary/aromatic N) is 1. The molecule has 0 saturated heterocycles. The lowest BCUT2D eigenvalue weighted by Gasteiger charge is -2.33. The number of fused-ring (bicyclic) bond motifs is 1. The number of nitrogens with one attached hydrogen (secondary N) is 3. The molecule has 3 N–H and O–H groups in total. The van der Waals surface area contributed by atoms with Crippen molar-refractivity contribution in [1.29, 1.82) is 0 Å². The number of carbonyl (C=O) groups excluding carboxylic acids is 1. The average molecular weight is 409 g/mol. The monoisotopic (exact) mass is 408 g/mol. The third-order valence-corrected chi connectivity index (χ3v) is 5.31. The fourth-order valence-corrected chi connectivity index (χ4v) is 3.92. The van der Waals surface area contributed by atoms with E-state index >= 15 is 0 Å². The van der Waals surface area contributed by atoms with Crippen molar-refractivity contribution in [2.75, 3.05) is 25.0 Å². The van der Waals surface area contributed by atoms with Gasteiger partial charge in [0.25, 0.3) is 0 Å². The Morgan fingerprint density at radius 1 is 1.30 bits per heavy atom. The van der Waals surface area contributed by atoms with Gasteiger partial charge in [-0.25, -0.2) is 4.79 Å². The van der Waals surface area contributed by atoms with Crippen LogP contribution in [-0.2, 0) is 0 Å². The predicted octanol–water partition coefficient (Wildman–Crippen LogP) is 5.99. The zero-order valence-electron chi connectivity index (χ0n) is 18.8. The van der Waals surface area contributed by atoms with Crippen LogP contribution in [0.4, 0.5) is 10.5 Å². The highest BCUT2D eigenvalue weighted by atomic mass is 16.2. The maximum Gasteiger partial charge on any atom is 0.319 e. The molecule has 162 valence electrons. The van der Waals surface area contributed by atoms with Gasteiger partial charge in [0.05, 0.1) is 0 Å². The van der Waals surface area contributed by atoms with E-state index in [9.17, 15) is 4.79 Å². The minimum Gasteiger partial charge on any atom is -0.377 e. The molecule has 30 heavy (non-hydrogen) atoms. The van der Waals surface area contributed by atoms with Crippen LogP contribution in [0.1, 0.15) is 58.4 Å². The Morgan fingerprint density at radius 3 is 2.83 bits per heavy atom. The summed E-state index contributed by atoms with van der Waals surface area (Å²) in [6.45, 7) is 11.6. The van der Waals surface area contributed by atoms with Crippen molar-refractivity contribution in [3.63, 3.8) is 0 Å². The van der Waals surface area contributed by atoms with Gasteiger partial charge in [0.1, 0.15) is 0 Å². The molecular weight excluding hydrogens is 372 g/mol. The van der Waals surface area contributed by atoms with Crippen LogP contribution in [0, 0.1) is 5.41 Å². The van der Waals surface area contributed by atoms with Crippen LogP contribution < -0.4 is 10.6 Å². The van der Waals surface area contributed by atoms with Crippen molar-refractivity contribution in [3.8, 4) is 0 Å². The van der Waals surface area contributed by atoms with Gasteiger partial charge < -0.3 is 20.5 Å². The van der Waals surface area contributed by atoms with Crippen LogP contribution >= 0.6 is 0 Å². The molecule has 0 fully saturated rings. The molecule has 1 unspecified atom stereocenters. The van der Waals surface area contributed by atoms with Gasteiger partial charge in [-0.3, -0.25) is 0 Å². The lowest BCUT2D eigenvalue weighted by Crippen LogP contribution is -2.32. The molecule has 1 atom stereocenters. The van der Waals surface area contributed by atoms with Crippen LogP contribution in [0.2, 0.25) is 0 Å². The molecular formula is C25H36N4O. The number of benzene rings is 1. The standard InChI is InChI=1S/C25H36N4O/c1-5-6-7-8-13-26-24(30)28-20-9-10-23-21(16-20)22(17-27-23)19-11-14-29(15-12-19)18-25(2,3)4/h7-11,14,16-17,19,27H,5-6,12-13,15,18H2,1-4H3,(H2,26,28,30). The van der Waals surface area contributed by atoms with E-state index in [4.69, 9.17) is 0 Å². The smallest absolute Gasteiger partial charge is 0.319 e. The van der Waals surface area contributed by atoms with Crippen molar-refractivity contribution in [2.45, 2.75) is 52.9 Å². The topological polar surface area (TPSA) is 60.2 Å². The molecule has 0 bridgehead atoms. The second kappa shape index (κ2) is 9.88. The van der Waals surface area contributed by atoms with E-state index in [0.717, 1.165) is 43.6 Å². The Labute approximate surface area is 180 Å². The van der Waals surface area contributed by atoms with Crippen molar-refractivity contribution in [3.05, 3.63) is 54.4 Å². The van der Waals surface area contributed by atoms with Crippen molar-refractivity contribution >= 4 is 22.6 Å². The molecule has 3 rings (SSSR count). The predicted molar refractivity (Wildman–Crippen MR) is 127 cm³/mol. The molecule has 0 spiro atoms. The maximum absolute atomic E-state index is 12.2. The summed E-state index contributed by atoms with van der Waals surface area (Å²) in [6.07, 6.45) is 14.0. The Balaban J connectivity index is 1.65. The number of anilines is 1. The summed E-state index contributed by atoms with van der Waals surface area (Å²) in [5, 5.41) is 7.00. The second-order valence-corrected chi connectivity index (χ2v) is 9.37. The molecule has 1 aliphatic heterocycles. The van der Waals surface area contributed by atoms with Gasteiger partial charge in [-0.15, -0.1) is 0 Å². The van der Waals surface area contributed by atoms with Gasteiger partial charge in [0.15, 0.2) is 0 Å². The molecule has 2 amide bonds. The molecule has 5 nitrogen and oxygen atoms in total. The number of rotatable bonds is 7. The van der Waals surface area contributed by atoms with Crippen LogP contribution in [0.5, 0.6) is 0 Å². The second-order valence-electron chi connectivity index (χ2n) is 9.37. The summed E-state index contributed by atoms with van der Waals surface area (Å²) in [5.74, 6) is 0.391. The van der Waals surface area contributed by atoms with E-state index in [1.165, 1.54) is 10.9 Å². The fourth-order valence-electron chi connectivity index (χ4n) is 3.92. The summed E-state index contributed by atoms with van der Waals surface area (Å²) in [4.78, 5) is 18.0. The Hall–Kier alpha value is -2.69. The third-order valence-electron chi connectivity index (χ3n) is 5.31. The normalized spacial score (nSPS) is 17.1. The minimum absolute atomic E-state index is 0.178. The lowest BCUT2D eigenvalue weighted by molar-refractivity contribution is 0.238. The fraction of sp³-hybridized carbons (Fsp3) is 0.480. The SMILES string of the molecule is CCCC=CCNC(=O)Nc1ccc2[nH]cc(C3C=CN(CC(C)(C)C)CC3)c2c1. The highest BCUT2D eigenvalue weighted by Crippen LogP contribution is 2.33. The highest BCUT2D eigenvalue weighted by Gasteiger charge is 2.21. The van der Waals surface area contributed by atoms with Crippen LogP contribution in [-0.4, -0.2) is 35.5 Å². The van der Waals surface area contributed by atoms with Gasteiger partial charge in [-0.2, -0.15) is 0 Å². The summed E-state index contributed by atoms with van der Waals surface area (Å²) < 4.78 is 0. The maximum atomic E-state index is 12.2. The van der Waals surface area contributed by atoms with Gasteiger partial charge in [-0.05, 0) is 48.2 Å². The van der Waals surface area contributed by atoms with E-state index < -0.39 is 0 Å². The number of carbonyl (C=O) groups is 1.